The van der Waals surface area contributed by atoms with Crippen molar-refractivity contribution in [1.29, 1.82) is 0 Å². The molecule has 0 bridgehead atoms. The second-order valence-corrected chi connectivity index (χ2v) is 9.01. The molecule has 0 saturated carbocycles. The monoisotopic (exact) mass is 460 g/mol. The van der Waals surface area contributed by atoms with E-state index >= 15 is 0 Å². The van der Waals surface area contributed by atoms with Crippen molar-refractivity contribution in [2.75, 3.05) is 12.3 Å². The molecule has 0 aliphatic rings. The Morgan fingerprint density at radius 2 is 1.42 bits per heavy atom. The number of hydrogen-bond acceptors (Lipinski definition) is 3. The number of carbonyl (C=O) groups excluding carboxylic acids is 2. The van der Waals surface area contributed by atoms with Gasteiger partial charge in [-0.3, -0.25) is 9.59 Å². The van der Waals surface area contributed by atoms with Crippen LogP contribution in [0.1, 0.15) is 30.9 Å². The summed E-state index contributed by atoms with van der Waals surface area (Å²) >= 11 is 1.50. The number of benzene rings is 3. The molecule has 172 valence electrons. The lowest BCUT2D eigenvalue weighted by molar-refractivity contribution is -0.139. The summed E-state index contributed by atoms with van der Waals surface area (Å²) in [5.74, 6) is 0.144. The first kappa shape index (κ1) is 24.6. The summed E-state index contributed by atoms with van der Waals surface area (Å²) < 4.78 is 0. The third-order valence-corrected chi connectivity index (χ3v) is 6.40. The van der Waals surface area contributed by atoms with E-state index in [-0.39, 0.29) is 17.6 Å². The van der Waals surface area contributed by atoms with E-state index in [0.717, 1.165) is 28.9 Å². The molecule has 0 saturated heterocycles. The van der Waals surface area contributed by atoms with Crippen LogP contribution in [0.3, 0.4) is 0 Å². The van der Waals surface area contributed by atoms with Gasteiger partial charge in [0.05, 0.1) is 5.75 Å². The van der Waals surface area contributed by atoms with Gasteiger partial charge in [0.2, 0.25) is 11.8 Å². The molecule has 0 aromatic heterocycles. The highest BCUT2D eigenvalue weighted by Gasteiger charge is 2.30. The molecule has 33 heavy (non-hydrogen) atoms. The Labute approximate surface area is 201 Å². The highest BCUT2D eigenvalue weighted by atomic mass is 32.2. The van der Waals surface area contributed by atoms with Crippen molar-refractivity contribution in [2.45, 2.75) is 43.7 Å². The molecular weight excluding hydrogens is 428 g/mol. The Hall–Kier alpha value is -3.05. The fraction of sp³-hybridized carbons (Fsp3) is 0.286. The van der Waals surface area contributed by atoms with Crippen molar-refractivity contribution in [3.05, 3.63) is 102 Å². The molecule has 0 aliphatic heterocycles. The van der Waals surface area contributed by atoms with Gasteiger partial charge in [-0.05, 0) is 29.7 Å². The second-order valence-electron chi connectivity index (χ2n) is 7.96. The smallest absolute Gasteiger partial charge is 0.243 e. The Morgan fingerprint density at radius 1 is 0.848 bits per heavy atom. The number of hydrogen-bond donors (Lipinski definition) is 1. The molecule has 3 aromatic carbocycles. The van der Waals surface area contributed by atoms with E-state index in [2.05, 4.69) is 12.2 Å². The average molecular weight is 461 g/mol. The number of carbonyl (C=O) groups is 2. The molecule has 1 atom stereocenters. The molecule has 3 rings (SSSR count). The maximum Gasteiger partial charge on any atom is 0.243 e. The lowest BCUT2D eigenvalue weighted by Gasteiger charge is -2.31. The molecule has 5 heteroatoms. The molecule has 4 nitrogen and oxygen atoms in total. The molecule has 0 unspecified atom stereocenters. The summed E-state index contributed by atoms with van der Waals surface area (Å²) in [5.41, 5.74) is 2.05. The zero-order valence-electron chi connectivity index (χ0n) is 19.2. The summed E-state index contributed by atoms with van der Waals surface area (Å²) in [6.07, 6.45) is 2.40. The molecule has 1 N–H and O–H groups in total. The minimum absolute atomic E-state index is 0.0423. The largest absolute Gasteiger partial charge is 0.354 e. The van der Waals surface area contributed by atoms with E-state index in [1.54, 1.807) is 4.90 Å². The number of unbranched alkanes of at least 4 members (excludes halogenated alkanes) is 1. The predicted octanol–water partition coefficient (Wildman–Crippen LogP) is 5.34. The van der Waals surface area contributed by atoms with Crippen LogP contribution in [0, 0.1) is 0 Å². The number of thioether (sulfide) groups is 1. The minimum atomic E-state index is -0.576. The Balaban J connectivity index is 1.85. The van der Waals surface area contributed by atoms with Crippen LogP contribution in [0.25, 0.3) is 0 Å². The van der Waals surface area contributed by atoms with E-state index in [1.807, 2.05) is 91.0 Å². The van der Waals surface area contributed by atoms with E-state index < -0.39 is 6.04 Å². The Morgan fingerprint density at radius 3 is 2.03 bits per heavy atom. The zero-order chi connectivity index (χ0) is 23.3. The number of nitrogens with zero attached hydrogens (tertiary/aromatic N) is 1. The molecular formula is C28H32N2O2S. The van der Waals surface area contributed by atoms with Gasteiger partial charge in [0.15, 0.2) is 0 Å². The fourth-order valence-electron chi connectivity index (χ4n) is 3.58. The van der Waals surface area contributed by atoms with Crippen molar-refractivity contribution in [3.63, 3.8) is 0 Å². The first-order valence-electron chi connectivity index (χ1n) is 11.5. The van der Waals surface area contributed by atoms with Crippen LogP contribution in [0.5, 0.6) is 0 Å². The Bertz CT molecular complexity index is 981. The van der Waals surface area contributed by atoms with Gasteiger partial charge in [0, 0.05) is 24.4 Å². The van der Waals surface area contributed by atoms with Gasteiger partial charge in [0.25, 0.3) is 0 Å². The first-order valence-corrected chi connectivity index (χ1v) is 12.5. The van der Waals surface area contributed by atoms with Crippen LogP contribution in [0.4, 0.5) is 0 Å². The van der Waals surface area contributed by atoms with Crippen molar-refractivity contribution < 1.29 is 9.59 Å². The van der Waals surface area contributed by atoms with E-state index in [0.29, 0.717) is 19.5 Å². The summed E-state index contributed by atoms with van der Waals surface area (Å²) in [6, 6.07) is 29.1. The third kappa shape index (κ3) is 8.10. The van der Waals surface area contributed by atoms with Crippen molar-refractivity contribution in [1.82, 2.24) is 10.2 Å². The highest BCUT2D eigenvalue weighted by Crippen LogP contribution is 2.21. The normalized spacial score (nSPS) is 11.5. The molecule has 0 aliphatic carbocycles. The van der Waals surface area contributed by atoms with Gasteiger partial charge in [-0.25, -0.2) is 0 Å². The summed E-state index contributed by atoms with van der Waals surface area (Å²) in [4.78, 5) is 29.6. The van der Waals surface area contributed by atoms with Gasteiger partial charge in [0.1, 0.15) is 6.04 Å². The average Bonchev–Trinajstić information content (AvgIpc) is 2.86. The number of nitrogens with one attached hydrogen (secondary N) is 1. The van der Waals surface area contributed by atoms with Crippen molar-refractivity contribution >= 4 is 23.6 Å². The molecule has 0 radical (unpaired) electrons. The molecule has 0 spiro atoms. The highest BCUT2D eigenvalue weighted by molar-refractivity contribution is 8.00. The SMILES string of the molecule is CCCCNC(=O)[C@H](Cc1ccccc1)N(Cc1ccccc1)C(=O)CSc1ccccc1. The van der Waals surface area contributed by atoms with E-state index in [9.17, 15) is 9.59 Å². The predicted molar refractivity (Wildman–Crippen MR) is 136 cm³/mol. The van der Waals surface area contributed by atoms with Crippen LogP contribution < -0.4 is 5.32 Å². The maximum absolute atomic E-state index is 13.5. The van der Waals surface area contributed by atoms with Gasteiger partial charge in [-0.1, -0.05) is 92.2 Å². The second kappa shape index (κ2) is 13.5. The first-order chi connectivity index (χ1) is 16.2. The van der Waals surface area contributed by atoms with Crippen molar-refractivity contribution in [2.24, 2.45) is 0 Å². The number of amides is 2. The molecule has 0 heterocycles. The lowest BCUT2D eigenvalue weighted by Crippen LogP contribution is -2.51. The van der Waals surface area contributed by atoms with Gasteiger partial charge in [-0.2, -0.15) is 0 Å². The Kier molecular flexibility index (Phi) is 10.0. The minimum Gasteiger partial charge on any atom is -0.354 e. The third-order valence-electron chi connectivity index (χ3n) is 5.40. The maximum atomic E-state index is 13.5. The van der Waals surface area contributed by atoms with Gasteiger partial charge >= 0.3 is 0 Å². The van der Waals surface area contributed by atoms with Gasteiger partial charge in [-0.15, -0.1) is 11.8 Å². The van der Waals surface area contributed by atoms with Crippen LogP contribution in [0.15, 0.2) is 95.9 Å². The standard InChI is InChI=1S/C28H32N2O2S/c1-2-3-19-29-28(32)26(20-23-13-7-4-8-14-23)30(21-24-15-9-5-10-16-24)27(31)22-33-25-17-11-6-12-18-25/h4-18,26H,2-3,19-22H2,1H3,(H,29,32)/t26-/m0/s1. The van der Waals surface area contributed by atoms with E-state index in [4.69, 9.17) is 0 Å². The molecule has 3 aromatic rings. The zero-order valence-corrected chi connectivity index (χ0v) is 20.0. The van der Waals surface area contributed by atoms with Crippen molar-refractivity contribution in [3.8, 4) is 0 Å². The van der Waals surface area contributed by atoms with E-state index in [1.165, 1.54) is 11.8 Å². The molecule has 0 fully saturated rings. The summed E-state index contributed by atoms with van der Waals surface area (Å²) in [6.45, 7) is 3.11. The molecule has 2 amide bonds. The van der Waals surface area contributed by atoms with Gasteiger partial charge < -0.3 is 10.2 Å². The van der Waals surface area contributed by atoms with Crippen LogP contribution >= 0.6 is 11.8 Å². The fourth-order valence-corrected chi connectivity index (χ4v) is 4.39. The van der Waals surface area contributed by atoms with Crippen LogP contribution in [-0.4, -0.2) is 35.1 Å². The lowest BCUT2D eigenvalue weighted by atomic mass is 10.0. The number of rotatable bonds is 12. The van der Waals surface area contributed by atoms with Crippen LogP contribution in [-0.2, 0) is 22.6 Å². The van der Waals surface area contributed by atoms with Crippen LogP contribution in [0.2, 0.25) is 0 Å². The summed E-state index contributed by atoms with van der Waals surface area (Å²) in [5, 5.41) is 3.06. The summed E-state index contributed by atoms with van der Waals surface area (Å²) in [7, 11) is 0. The topological polar surface area (TPSA) is 49.4 Å². The quantitative estimate of drug-likeness (QED) is 0.293.